The molecule has 3 N–H and O–H groups in total. The number of likely N-dealkylation sites (tertiary alicyclic amines) is 2. The van der Waals surface area contributed by atoms with Crippen molar-refractivity contribution in [1.82, 2.24) is 15.1 Å². The Kier molecular flexibility index (Phi) is 6.99. The summed E-state index contributed by atoms with van der Waals surface area (Å²) in [6, 6.07) is 16.4. The van der Waals surface area contributed by atoms with Gasteiger partial charge in [-0.15, -0.1) is 0 Å². The predicted molar refractivity (Wildman–Crippen MR) is 123 cm³/mol. The minimum atomic E-state index is -0.345. The Labute approximate surface area is 184 Å². The van der Waals surface area contributed by atoms with Crippen LogP contribution in [0.4, 0.5) is 0 Å². The standard InChI is InChI=1S/C25H32N4O2/c26-24(30)17-27-23(18-28-12-1-2-13-28)20-10-8-19(9-11-20)21-6-5-7-22(16-21)25(31)29-14-3-4-15-29/h5-11,16,23,27H,1-4,12-15,17-18H2,(H2,26,30). The molecular weight excluding hydrogens is 388 g/mol. The van der Waals surface area contributed by atoms with Gasteiger partial charge in [-0.2, -0.15) is 0 Å². The van der Waals surface area contributed by atoms with Gasteiger partial charge in [-0.05, 0) is 67.6 Å². The van der Waals surface area contributed by atoms with E-state index in [1.807, 2.05) is 29.2 Å². The summed E-state index contributed by atoms with van der Waals surface area (Å²) in [6.45, 7) is 4.95. The summed E-state index contributed by atoms with van der Waals surface area (Å²) in [5.74, 6) is -0.222. The molecule has 0 bridgehead atoms. The summed E-state index contributed by atoms with van der Waals surface area (Å²) < 4.78 is 0. The lowest BCUT2D eigenvalue weighted by Crippen LogP contribution is -2.38. The zero-order valence-electron chi connectivity index (χ0n) is 18.1. The van der Waals surface area contributed by atoms with Gasteiger partial charge in [-0.25, -0.2) is 0 Å². The van der Waals surface area contributed by atoms with Crippen LogP contribution >= 0.6 is 0 Å². The van der Waals surface area contributed by atoms with Crippen LogP contribution in [0.5, 0.6) is 0 Å². The molecule has 31 heavy (non-hydrogen) atoms. The van der Waals surface area contributed by atoms with Gasteiger partial charge >= 0.3 is 0 Å². The number of primary amides is 1. The summed E-state index contributed by atoms with van der Waals surface area (Å²) in [7, 11) is 0. The van der Waals surface area contributed by atoms with E-state index in [4.69, 9.17) is 5.73 Å². The fraction of sp³-hybridized carbons (Fsp3) is 0.440. The van der Waals surface area contributed by atoms with E-state index < -0.39 is 0 Å². The first-order chi connectivity index (χ1) is 15.1. The Morgan fingerprint density at radius 2 is 1.58 bits per heavy atom. The van der Waals surface area contributed by atoms with Crippen molar-refractivity contribution in [2.45, 2.75) is 31.7 Å². The molecule has 2 aliphatic heterocycles. The quantitative estimate of drug-likeness (QED) is 0.688. The van der Waals surface area contributed by atoms with Gasteiger partial charge < -0.3 is 20.9 Å². The maximum absolute atomic E-state index is 12.7. The second-order valence-corrected chi connectivity index (χ2v) is 8.61. The molecule has 2 aromatic rings. The van der Waals surface area contributed by atoms with E-state index in [-0.39, 0.29) is 24.4 Å². The summed E-state index contributed by atoms with van der Waals surface area (Å²) >= 11 is 0. The van der Waals surface area contributed by atoms with Crippen molar-refractivity contribution in [3.05, 3.63) is 59.7 Å². The number of hydrogen-bond acceptors (Lipinski definition) is 4. The molecule has 0 aliphatic carbocycles. The van der Waals surface area contributed by atoms with Crippen molar-refractivity contribution in [3.63, 3.8) is 0 Å². The monoisotopic (exact) mass is 420 g/mol. The molecule has 6 nitrogen and oxygen atoms in total. The average molecular weight is 421 g/mol. The number of nitrogens with two attached hydrogens (primary N) is 1. The number of carbonyl (C=O) groups excluding carboxylic acids is 2. The molecule has 0 radical (unpaired) electrons. The Morgan fingerprint density at radius 3 is 2.26 bits per heavy atom. The lowest BCUT2D eigenvalue weighted by atomic mass is 9.99. The van der Waals surface area contributed by atoms with Gasteiger partial charge in [0.25, 0.3) is 5.91 Å². The minimum Gasteiger partial charge on any atom is -0.369 e. The maximum atomic E-state index is 12.7. The highest BCUT2D eigenvalue weighted by Gasteiger charge is 2.21. The van der Waals surface area contributed by atoms with Gasteiger partial charge in [0.1, 0.15) is 0 Å². The summed E-state index contributed by atoms with van der Waals surface area (Å²) in [4.78, 5) is 28.4. The summed E-state index contributed by atoms with van der Waals surface area (Å²) in [6.07, 6.45) is 4.65. The van der Waals surface area contributed by atoms with Crippen LogP contribution in [-0.4, -0.2) is 60.9 Å². The molecule has 4 rings (SSSR count). The van der Waals surface area contributed by atoms with Gasteiger partial charge in [-0.3, -0.25) is 9.59 Å². The number of nitrogens with zero attached hydrogens (tertiary/aromatic N) is 2. The summed E-state index contributed by atoms with van der Waals surface area (Å²) in [5.41, 5.74) is 9.37. The molecule has 2 amide bonds. The Hall–Kier alpha value is -2.70. The fourth-order valence-corrected chi connectivity index (χ4v) is 4.58. The van der Waals surface area contributed by atoms with Crippen molar-refractivity contribution in [2.75, 3.05) is 39.3 Å². The van der Waals surface area contributed by atoms with Crippen LogP contribution in [0.15, 0.2) is 48.5 Å². The fourth-order valence-electron chi connectivity index (χ4n) is 4.58. The van der Waals surface area contributed by atoms with Crippen LogP contribution in [0.25, 0.3) is 11.1 Å². The molecule has 2 heterocycles. The van der Waals surface area contributed by atoms with Crippen LogP contribution in [0.1, 0.15) is 47.6 Å². The predicted octanol–water partition coefficient (Wildman–Crippen LogP) is 2.80. The molecule has 2 aliphatic rings. The van der Waals surface area contributed by atoms with Gasteiger partial charge in [-0.1, -0.05) is 36.4 Å². The van der Waals surface area contributed by atoms with E-state index in [1.165, 1.54) is 12.8 Å². The van der Waals surface area contributed by atoms with Crippen LogP contribution in [0, 0.1) is 0 Å². The Morgan fingerprint density at radius 1 is 0.903 bits per heavy atom. The average Bonchev–Trinajstić information content (AvgIpc) is 3.51. The van der Waals surface area contributed by atoms with Gasteiger partial charge in [0, 0.05) is 31.2 Å². The molecule has 0 aromatic heterocycles. The summed E-state index contributed by atoms with van der Waals surface area (Å²) in [5, 5.41) is 3.31. The third-order valence-electron chi connectivity index (χ3n) is 6.31. The van der Waals surface area contributed by atoms with Crippen molar-refractivity contribution >= 4 is 11.8 Å². The van der Waals surface area contributed by atoms with E-state index in [2.05, 4.69) is 34.5 Å². The minimum absolute atomic E-state index is 0.0581. The third kappa shape index (κ3) is 5.51. The van der Waals surface area contributed by atoms with Crippen LogP contribution < -0.4 is 11.1 Å². The topological polar surface area (TPSA) is 78.7 Å². The number of rotatable bonds is 8. The lowest BCUT2D eigenvalue weighted by Gasteiger charge is -2.25. The molecule has 6 heteroatoms. The highest BCUT2D eigenvalue weighted by Crippen LogP contribution is 2.25. The van der Waals surface area contributed by atoms with Crippen LogP contribution in [-0.2, 0) is 4.79 Å². The second-order valence-electron chi connectivity index (χ2n) is 8.61. The molecule has 2 aromatic carbocycles. The molecule has 164 valence electrons. The van der Waals surface area contributed by atoms with Gasteiger partial charge in [0.2, 0.25) is 5.91 Å². The Bertz CT molecular complexity index is 900. The number of benzene rings is 2. The first-order valence-electron chi connectivity index (χ1n) is 11.3. The highest BCUT2D eigenvalue weighted by atomic mass is 16.2. The highest BCUT2D eigenvalue weighted by molar-refractivity contribution is 5.95. The molecule has 2 fully saturated rings. The van der Waals surface area contributed by atoms with Crippen molar-refractivity contribution < 1.29 is 9.59 Å². The number of nitrogens with one attached hydrogen (secondary N) is 1. The van der Waals surface area contributed by atoms with Gasteiger partial charge in [0.15, 0.2) is 0 Å². The number of hydrogen-bond donors (Lipinski definition) is 2. The van der Waals surface area contributed by atoms with Crippen molar-refractivity contribution in [2.24, 2.45) is 5.73 Å². The van der Waals surface area contributed by atoms with Crippen LogP contribution in [0.2, 0.25) is 0 Å². The first kappa shape index (κ1) is 21.5. The van der Waals surface area contributed by atoms with E-state index in [0.29, 0.717) is 0 Å². The van der Waals surface area contributed by atoms with E-state index in [0.717, 1.165) is 67.8 Å². The zero-order valence-corrected chi connectivity index (χ0v) is 18.1. The third-order valence-corrected chi connectivity index (χ3v) is 6.31. The lowest BCUT2D eigenvalue weighted by molar-refractivity contribution is -0.117. The maximum Gasteiger partial charge on any atom is 0.253 e. The molecule has 1 atom stereocenters. The van der Waals surface area contributed by atoms with E-state index in [1.54, 1.807) is 0 Å². The van der Waals surface area contributed by atoms with Crippen molar-refractivity contribution in [3.8, 4) is 11.1 Å². The molecular formula is C25H32N4O2. The first-order valence-corrected chi connectivity index (χ1v) is 11.3. The Balaban J connectivity index is 1.49. The smallest absolute Gasteiger partial charge is 0.253 e. The van der Waals surface area contributed by atoms with E-state index >= 15 is 0 Å². The van der Waals surface area contributed by atoms with Gasteiger partial charge in [0.05, 0.1) is 6.54 Å². The molecule has 0 saturated carbocycles. The molecule has 1 unspecified atom stereocenters. The number of carbonyl (C=O) groups is 2. The normalized spacial score (nSPS) is 17.7. The second kappa shape index (κ2) is 10.1. The van der Waals surface area contributed by atoms with Crippen molar-refractivity contribution in [1.29, 1.82) is 0 Å². The molecule has 0 spiro atoms. The largest absolute Gasteiger partial charge is 0.369 e. The van der Waals surface area contributed by atoms with E-state index in [9.17, 15) is 9.59 Å². The SMILES string of the molecule is NC(=O)CNC(CN1CCCC1)c1ccc(-c2cccc(C(=O)N3CCCC3)c2)cc1. The van der Waals surface area contributed by atoms with Crippen LogP contribution in [0.3, 0.4) is 0 Å². The molecule has 2 saturated heterocycles. The zero-order chi connectivity index (χ0) is 21.6. The number of amides is 2.